The van der Waals surface area contributed by atoms with Gasteiger partial charge in [-0.3, -0.25) is 4.98 Å². The average Bonchev–Trinajstić information content (AvgIpc) is 3.31. The number of nitrogens with two attached hydrogens (primary N) is 1. The summed E-state index contributed by atoms with van der Waals surface area (Å²) in [5, 5.41) is 1.22. The van der Waals surface area contributed by atoms with E-state index in [-0.39, 0.29) is 5.54 Å². The number of pyridine rings is 1. The van der Waals surface area contributed by atoms with E-state index in [1.165, 1.54) is 43.1 Å². The number of hydrogen-bond acceptors (Lipinski definition) is 2. The van der Waals surface area contributed by atoms with Gasteiger partial charge >= 0.3 is 0 Å². The highest BCUT2D eigenvalue weighted by Gasteiger charge is 2.40. The van der Waals surface area contributed by atoms with Crippen LogP contribution in [-0.4, -0.2) is 4.98 Å². The summed E-state index contributed by atoms with van der Waals surface area (Å²) in [5.41, 5.74) is 10.2. The van der Waals surface area contributed by atoms with E-state index in [1.54, 1.807) is 0 Å². The molecule has 2 heteroatoms. The van der Waals surface area contributed by atoms with E-state index in [4.69, 9.17) is 5.73 Å². The van der Waals surface area contributed by atoms with Crippen molar-refractivity contribution in [3.8, 4) is 0 Å². The first-order valence-corrected chi connectivity index (χ1v) is 8.31. The van der Waals surface area contributed by atoms with Crippen molar-refractivity contribution in [1.82, 2.24) is 4.98 Å². The summed E-state index contributed by atoms with van der Waals surface area (Å²) >= 11 is 0. The molecule has 110 valence electrons. The fraction of sp³-hybridized carbons (Fsp3) is 0.526. The molecule has 2 nitrogen and oxygen atoms in total. The number of fused-ring (bicyclic) bond motifs is 1. The topological polar surface area (TPSA) is 38.9 Å². The van der Waals surface area contributed by atoms with Gasteiger partial charge in [-0.1, -0.05) is 25.0 Å². The molecule has 1 heterocycles. The molecule has 2 N–H and O–H groups in total. The molecule has 2 aromatic rings. The van der Waals surface area contributed by atoms with Gasteiger partial charge in [0.15, 0.2) is 0 Å². The Hall–Kier alpha value is -1.41. The van der Waals surface area contributed by atoms with Gasteiger partial charge in [-0.25, -0.2) is 0 Å². The lowest BCUT2D eigenvalue weighted by atomic mass is 9.71. The molecular weight excluding hydrogens is 256 g/mol. The lowest BCUT2D eigenvalue weighted by Crippen LogP contribution is -2.41. The molecule has 21 heavy (non-hydrogen) atoms. The zero-order valence-corrected chi connectivity index (χ0v) is 12.8. The minimum absolute atomic E-state index is 0.120. The van der Waals surface area contributed by atoms with Gasteiger partial charge in [0, 0.05) is 16.6 Å². The molecule has 0 aliphatic heterocycles. The van der Waals surface area contributed by atoms with Crippen LogP contribution < -0.4 is 5.73 Å². The fourth-order valence-corrected chi connectivity index (χ4v) is 4.12. The Bertz CT molecular complexity index is 674. The molecule has 4 rings (SSSR count). The third kappa shape index (κ3) is 2.46. The van der Waals surface area contributed by atoms with Crippen molar-refractivity contribution in [2.75, 3.05) is 0 Å². The van der Waals surface area contributed by atoms with Gasteiger partial charge in [0.2, 0.25) is 0 Å². The van der Waals surface area contributed by atoms with E-state index in [0.717, 1.165) is 29.5 Å². The molecule has 0 saturated heterocycles. The molecule has 0 radical (unpaired) electrons. The number of aryl methyl sites for hydroxylation is 1. The van der Waals surface area contributed by atoms with E-state index in [9.17, 15) is 0 Å². The lowest BCUT2D eigenvalue weighted by molar-refractivity contribution is 0.207. The summed E-state index contributed by atoms with van der Waals surface area (Å²) in [6.45, 7) is 2.04. The van der Waals surface area contributed by atoms with Crippen molar-refractivity contribution in [1.29, 1.82) is 0 Å². The van der Waals surface area contributed by atoms with E-state index in [0.29, 0.717) is 0 Å². The Kier molecular flexibility index (Phi) is 3.04. The van der Waals surface area contributed by atoms with E-state index in [2.05, 4.69) is 35.3 Å². The second-order valence-corrected chi connectivity index (χ2v) is 7.21. The Balaban J connectivity index is 1.69. The van der Waals surface area contributed by atoms with E-state index >= 15 is 0 Å². The quantitative estimate of drug-likeness (QED) is 0.891. The van der Waals surface area contributed by atoms with Crippen LogP contribution in [0.2, 0.25) is 0 Å². The van der Waals surface area contributed by atoms with Crippen molar-refractivity contribution in [2.24, 2.45) is 17.6 Å². The first kappa shape index (κ1) is 13.3. The molecule has 2 aliphatic rings. The summed E-state index contributed by atoms with van der Waals surface area (Å²) in [7, 11) is 0. The minimum Gasteiger partial charge on any atom is -0.321 e. The zero-order valence-electron chi connectivity index (χ0n) is 12.8. The normalized spacial score (nSPS) is 29.7. The van der Waals surface area contributed by atoms with Gasteiger partial charge in [-0.15, -0.1) is 0 Å². The molecule has 1 aromatic heterocycles. The third-order valence-corrected chi connectivity index (χ3v) is 5.52. The van der Waals surface area contributed by atoms with Gasteiger partial charge in [0.05, 0.1) is 5.52 Å². The largest absolute Gasteiger partial charge is 0.321 e. The monoisotopic (exact) mass is 280 g/mol. The molecule has 0 amide bonds. The van der Waals surface area contributed by atoms with Crippen LogP contribution in [0, 0.1) is 18.8 Å². The number of nitrogens with zero attached hydrogens (tertiary/aromatic N) is 1. The fourth-order valence-electron chi connectivity index (χ4n) is 4.12. The molecule has 2 saturated carbocycles. The van der Waals surface area contributed by atoms with Crippen LogP contribution in [-0.2, 0) is 5.54 Å². The van der Waals surface area contributed by atoms with Gasteiger partial charge < -0.3 is 5.73 Å². The van der Waals surface area contributed by atoms with E-state index in [1.807, 2.05) is 6.92 Å². The van der Waals surface area contributed by atoms with Crippen molar-refractivity contribution in [3.63, 3.8) is 0 Å². The first-order chi connectivity index (χ1) is 10.1. The number of rotatable bonds is 2. The van der Waals surface area contributed by atoms with Crippen molar-refractivity contribution in [3.05, 3.63) is 41.6 Å². The number of hydrogen-bond donors (Lipinski definition) is 1. The molecule has 2 fully saturated rings. The highest BCUT2D eigenvalue weighted by molar-refractivity contribution is 5.79. The van der Waals surface area contributed by atoms with Crippen LogP contribution in [0.25, 0.3) is 10.9 Å². The second-order valence-electron chi connectivity index (χ2n) is 7.21. The van der Waals surface area contributed by atoms with Crippen LogP contribution >= 0.6 is 0 Å². The summed E-state index contributed by atoms with van der Waals surface area (Å²) in [6.07, 6.45) is 7.83. The number of benzene rings is 1. The van der Waals surface area contributed by atoms with E-state index < -0.39 is 0 Å². The van der Waals surface area contributed by atoms with Crippen LogP contribution in [0.4, 0.5) is 0 Å². The standard InChI is InChI=1S/C19H24N2/c1-13-4-5-15-11-17(8-9-18(15)21-13)19(20)10-2-3-16(12-19)14-6-7-14/h4-5,8-9,11,14,16H,2-3,6-7,10,12,20H2,1H3. The minimum atomic E-state index is -0.120. The Morgan fingerprint density at radius 2 is 1.95 bits per heavy atom. The molecule has 0 bridgehead atoms. The van der Waals surface area contributed by atoms with Gasteiger partial charge in [0.25, 0.3) is 0 Å². The van der Waals surface area contributed by atoms with Gasteiger partial charge in [-0.2, -0.15) is 0 Å². The van der Waals surface area contributed by atoms with Gasteiger partial charge in [-0.05, 0) is 68.2 Å². The summed E-state index contributed by atoms with van der Waals surface area (Å²) in [6, 6.07) is 10.9. The Labute approximate surface area is 126 Å². The highest BCUT2D eigenvalue weighted by Crippen LogP contribution is 2.48. The van der Waals surface area contributed by atoms with Gasteiger partial charge in [0.1, 0.15) is 0 Å². The SMILES string of the molecule is Cc1ccc2cc(C3(N)CCCC(C4CC4)C3)ccc2n1. The van der Waals surface area contributed by atoms with Crippen LogP contribution in [0.5, 0.6) is 0 Å². The van der Waals surface area contributed by atoms with Crippen LogP contribution in [0.3, 0.4) is 0 Å². The zero-order chi connectivity index (χ0) is 14.4. The summed E-state index contributed by atoms with van der Waals surface area (Å²) < 4.78 is 0. The predicted octanol–water partition coefficient (Wildman–Crippen LogP) is 4.30. The van der Waals surface area contributed by atoms with Crippen molar-refractivity contribution >= 4 is 10.9 Å². The van der Waals surface area contributed by atoms with Crippen LogP contribution in [0.1, 0.15) is 49.8 Å². The van der Waals surface area contributed by atoms with Crippen LogP contribution in [0.15, 0.2) is 30.3 Å². The maximum Gasteiger partial charge on any atom is 0.0705 e. The summed E-state index contributed by atoms with van der Waals surface area (Å²) in [4.78, 5) is 4.60. The van der Waals surface area contributed by atoms with Crippen molar-refractivity contribution < 1.29 is 0 Å². The third-order valence-electron chi connectivity index (χ3n) is 5.52. The molecule has 2 unspecified atom stereocenters. The molecule has 2 aliphatic carbocycles. The molecule has 1 aromatic carbocycles. The average molecular weight is 280 g/mol. The molecule has 0 spiro atoms. The highest BCUT2D eigenvalue weighted by atomic mass is 14.8. The smallest absolute Gasteiger partial charge is 0.0705 e. The Morgan fingerprint density at radius 3 is 2.76 bits per heavy atom. The van der Waals surface area contributed by atoms with Crippen molar-refractivity contribution in [2.45, 2.75) is 51.0 Å². The lowest BCUT2D eigenvalue weighted by Gasteiger charge is -2.39. The second kappa shape index (κ2) is 4.81. The molecular formula is C19H24N2. The Morgan fingerprint density at radius 1 is 1.10 bits per heavy atom. The first-order valence-electron chi connectivity index (χ1n) is 8.31. The maximum absolute atomic E-state index is 6.84. The molecule has 2 atom stereocenters. The summed E-state index contributed by atoms with van der Waals surface area (Å²) in [5.74, 6) is 1.83. The maximum atomic E-state index is 6.84. The number of aromatic nitrogens is 1. The predicted molar refractivity (Wildman–Crippen MR) is 87.0 cm³/mol.